The Hall–Kier alpha value is -6.27. The summed E-state index contributed by atoms with van der Waals surface area (Å²) in [5.41, 5.74) is 8.22. The molecule has 3 atom stereocenters. The predicted octanol–water partition coefficient (Wildman–Crippen LogP) is 4.76. The van der Waals surface area contributed by atoms with Gasteiger partial charge in [-0.2, -0.15) is 0 Å². The van der Waals surface area contributed by atoms with Gasteiger partial charge in [0, 0.05) is 91.8 Å². The van der Waals surface area contributed by atoms with Gasteiger partial charge in [-0.3, -0.25) is 19.2 Å². The van der Waals surface area contributed by atoms with Gasteiger partial charge in [0.25, 0.3) is 5.91 Å². The number of halogens is 1. The van der Waals surface area contributed by atoms with Gasteiger partial charge >= 0.3 is 18.1 Å². The van der Waals surface area contributed by atoms with Gasteiger partial charge in [0.15, 0.2) is 11.5 Å². The number of fused-ring (bicyclic) bond motifs is 4. The van der Waals surface area contributed by atoms with Crippen LogP contribution in [0.15, 0.2) is 34.7 Å². The van der Waals surface area contributed by atoms with E-state index in [1.165, 1.54) is 12.0 Å². The van der Waals surface area contributed by atoms with E-state index in [9.17, 15) is 33.6 Å². The van der Waals surface area contributed by atoms with Gasteiger partial charge in [-0.1, -0.05) is 36.7 Å². The summed E-state index contributed by atoms with van der Waals surface area (Å²) in [5.74, 6) is -3.20. The van der Waals surface area contributed by atoms with Crippen LogP contribution in [0.5, 0.6) is 5.75 Å². The van der Waals surface area contributed by atoms with E-state index in [1.54, 1.807) is 56.0 Å². The summed E-state index contributed by atoms with van der Waals surface area (Å²) in [6.07, 6.45) is 0.733. The van der Waals surface area contributed by atoms with Crippen LogP contribution < -0.4 is 36.6 Å². The highest BCUT2D eigenvalue weighted by Crippen LogP contribution is 2.48. The number of methoxy groups -OCH3 is 1. The quantitative estimate of drug-likeness (QED) is 0.0297. The van der Waals surface area contributed by atoms with E-state index in [0.29, 0.717) is 102 Å². The summed E-state index contributed by atoms with van der Waals surface area (Å²) in [4.78, 5) is 102. The van der Waals surface area contributed by atoms with Crippen molar-refractivity contribution in [1.29, 1.82) is 0 Å². The molecule has 2 aromatic carbocycles. The highest BCUT2D eigenvalue weighted by Gasteiger charge is 2.39. The highest BCUT2D eigenvalue weighted by atomic mass is 79.9. The number of amides is 7. The number of rotatable bonds is 25. The van der Waals surface area contributed by atoms with Gasteiger partial charge in [-0.05, 0) is 69.0 Å². The molecule has 1 fully saturated rings. The molecule has 2 aromatic heterocycles. The van der Waals surface area contributed by atoms with Crippen LogP contribution in [-0.2, 0) is 33.3 Å². The van der Waals surface area contributed by atoms with Gasteiger partial charge in [-0.25, -0.2) is 14.4 Å². The zero-order chi connectivity index (χ0) is 52.8. The van der Waals surface area contributed by atoms with E-state index >= 15 is 0 Å². The second-order valence-electron chi connectivity index (χ2n) is 18.3. The number of benzene rings is 2. The second kappa shape index (κ2) is 26.6. The average Bonchev–Trinajstić information content (AvgIpc) is 4.07. The number of carbonyl (C=O) groups is 7. The van der Waals surface area contributed by atoms with Crippen molar-refractivity contribution in [3.05, 3.63) is 52.9 Å². The van der Waals surface area contributed by atoms with Gasteiger partial charge in [0.05, 0.1) is 56.9 Å². The number of hydrogen-bond donors (Lipinski definition) is 6. The molecule has 0 spiro atoms. The lowest BCUT2D eigenvalue weighted by Gasteiger charge is -2.31. The first-order valence-corrected chi connectivity index (χ1v) is 25.7. The SMILES string of the molecule is CCCOCCOCCOCCC(=O)NC(C(=O)NC(CCCNC(N)=O)C(=O)Nc1ccc2oc(C(=O)N3C[C@@H](CBr)c4c3cc(OC(=O)N3CCN(C)CC3)c3[nH]c(C)c(C(=O)OC)c43)cc2c1)C(C)C. The third-order valence-electron chi connectivity index (χ3n) is 12.6. The Balaban J connectivity index is 1.17. The number of carbonyl (C=O) groups excluding carboxylic acids is 7. The van der Waals surface area contributed by atoms with E-state index in [2.05, 4.69) is 47.1 Å². The molecule has 22 nitrogen and oxygen atoms in total. The number of urea groups is 1. The number of primary amides is 1. The number of H-pyrrole nitrogens is 1. The molecule has 0 bridgehead atoms. The number of hydrogen-bond acceptors (Lipinski definition) is 14. The molecule has 1 saturated heterocycles. The number of piperazine rings is 1. The van der Waals surface area contributed by atoms with Crippen LogP contribution in [0.1, 0.15) is 84.5 Å². The molecule has 6 rings (SSSR count). The van der Waals surface area contributed by atoms with Crippen LogP contribution in [-0.4, -0.2) is 167 Å². The van der Waals surface area contributed by atoms with Crippen molar-refractivity contribution in [2.75, 3.05) is 109 Å². The monoisotopic (exact) mass is 1080 g/mol. The number of nitrogens with one attached hydrogen (secondary N) is 5. The minimum absolute atomic E-state index is 0.00451. The van der Waals surface area contributed by atoms with Crippen LogP contribution >= 0.6 is 15.9 Å². The van der Waals surface area contributed by atoms with E-state index in [1.807, 2.05) is 14.0 Å². The van der Waals surface area contributed by atoms with Crippen LogP contribution in [0.3, 0.4) is 0 Å². The Bertz CT molecular complexity index is 2610. The number of furan rings is 1. The Morgan fingerprint density at radius 3 is 2.27 bits per heavy atom. The maximum absolute atomic E-state index is 14.6. The Morgan fingerprint density at radius 2 is 1.62 bits per heavy atom. The molecule has 2 aliphatic rings. The minimum atomic E-state index is -1.11. The number of nitrogens with two attached hydrogens (primary N) is 1. The number of ether oxygens (including phenoxy) is 5. The molecule has 4 heterocycles. The summed E-state index contributed by atoms with van der Waals surface area (Å²) in [6.45, 7) is 12.2. The number of alkyl halides is 1. The van der Waals surface area contributed by atoms with Crippen LogP contribution in [0.4, 0.5) is 21.0 Å². The summed E-state index contributed by atoms with van der Waals surface area (Å²) in [5, 5.41) is 12.3. The Morgan fingerprint density at radius 1 is 0.918 bits per heavy atom. The molecule has 23 heteroatoms. The number of anilines is 2. The maximum Gasteiger partial charge on any atom is 0.415 e. The van der Waals surface area contributed by atoms with Crippen molar-refractivity contribution in [3.8, 4) is 5.75 Å². The van der Waals surface area contributed by atoms with Crippen molar-refractivity contribution in [3.63, 3.8) is 0 Å². The standard InChI is InChI=1S/C50H68BrN9O13/c1-7-18-69-20-22-71-23-21-70-19-12-39(61)57-43(29(2)3)46(63)56-34(9-8-13-53-49(52)66)45(62)55-33-10-11-36-31(24-33)25-38(72-36)47(64)60-28-32(27-51)41-35(60)26-37(73-50(67)59-16-14-58(5)15-17-59)44-42(41)40(30(4)54-44)48(65)68-6/h10-11,24-26,29,32,34,43,54H,7-9,12-23,27-28H2,1-6H3,(H,55,62)(H,56,63)(H,57,61)(H3,52,53,66)/t32-,34?,43?/m1/s1. The third kappa shape index (κ3) is 14.5. The highest BCUT2D eigenvalue weighted by molar-refractivity contribution is 9.09. The molecule has 398 valence electrons. The Kier molecular flexibility index (Phi) is 20.4. The number of aromatic amines is 1. The maximum atomic E-state index is 14.6. The summed E-state index contributed by atoms with van der Waals surface area (Å²) < 4.78 is 33.7. The fourth-order valence-electron chi connectivity index (χ4n) is 8.70. The van der Waals surface area contributed by atoms with Gasteiger partial charge < -0.3 is 74.8 Å². The molecule has 2 unspecified atom stereocenters. The van der Waals surface area contributed by atoms with Gasteiger partial charge in [0.2, 0.25) is 17.7 Å². The van der Waals surface area contributed by atoms with Crippen LogP contribution in [0, 0.1) is 12.8 Å². The lowest BCUT2D eigenvalue weighted by Crippen LogP contribution is -2.54. The molecular formula is C50H68BrN9O13. The molecule has 0 radical (unpaired) electrons. The minimum Gasteiger partial charge on any atom is -0.465 e. The summed E-state index contributed by atoms with van der Waals surface area (Å²) in [7, 11) is 3.26. The smallest absolute Gasteiger partial charge is 0.415 e. The largest absolute Gasteiger partial charge is 0.465 e. The summed E-state index contributed by atoms with van der Waals surface area (Å²) in [6, 6.07) is 5.17. The van der Waals surface area contributed by atoms with E-state index in [-0.39, 0.29) is 74.5 Å². The number of aryl methyl sites for hydroxylation is 1. The fraction of sp³-hybridized carbons (Fsp3) is 0.540. The average molecular weight is 1080 g/mol. The molecule has 7 N–H and O–H groups in total. The van der Waals surface area contributed by atoms with E-state index in [0.717, 1.165) is 6.42 Å². The first-order valence-electron chi connectivity index (χ1n) is 24.6. The third-order valence-corrected chi connectivity index (χ3v) is 13.3. The second-order valence-corrected chi connectivity index (χ2v) is 19.0. The van der Waals surface area contributed by atoms with Crippen molar-refractivity contribution >= 4 is 90.9 Å². The number of likely N-dealkylation sites (N-methyl/N-ethyl adjacent to an activating group) is 1. The first-order chi connectivity index (χ1) is 35.0. The molecule has 0 saturated carbocycles. The molecule has 2 aliphatic heterocycles. The predicted molar refractivity (Wildman–Crippen MR) is 275 cm³/mol. The first kappa shape index (κ1) is 56.0. The van der Waals surface area contributed by atoms with Crippen molar-refractivity contribution < 1.29 is 61.7 Å². The van der Waals surface area contributed by atoms with Crippen LogP contribution in [0.2, 0.25) is 0 Å². The molecule has 0 aliphatic carbocycles. The normalized spacial score (nSPS) is 15.5. The van der Waals surface area contributed by atoms with Crippen molar-refractivity contribution in [2.45, 2.75) is 71.4 Å². The number of esters is 1. The zero-order valence-electron chi connectivity index (χ0n) is 42.3. The van der Waals surface area contributed by atoms with Gasteiger partial charge in [-0.15, -0.1) is 0 Å². The van der Waals surface area contributed by atoms with E-state index < -0.39 is 53.8 Å². The molecule has 4 aromatic rings. The lowest BCUT2D eigenvalue weighted by molar-refractivity contribution is -0.132. The molecule has 7 amide bonds. The number of nitrogens with zero attached hydrogens (tertiary/aromatic N) is 3. The lowest BCUT2D eigenvalue weighted by atomic mass is 9.95. The fourth-order valence-corrected chi connectivity index (χ4v) is 9.23. The zero-order valence-corrected chi connectivity index (χ0v) is 43.9. The topological polar surface area (TPSA) is 278 Å². The molecule has 73 heavy (non-hydrogen) atoms. The van der Waals surface area contributed by atoms with Gasteiger partial charge in [0.1, 0.15) is 17.7 Å². The Labute approximate surface area is 432 Å². The summed E-state index contributed by atoms with van der Waals surface area (Å²) >= 11 is 3.62. The number of aromatic nitrogens is 1. The van der Waals surface area contributed by atoms with Crippen LogP contribution in [0.25, 0.3) is 21.9 Å². The van der Waals surface area contributed by atoms with Crippen molar-refractivity contribution in [2.24, 2.45) is 11.7 Å². The van der Waals surface area contributed by atoms with E-state index in [4.69, 9.17) is 33.8 Å². The molecular weight excluding hydrogens is 1010 g/mol. The van der Waals surface area contributed by atoms with Crippen molar-refractivity contribution in [1.82, 2.24) is 30.7 Å².